The molecule has 8 heteroatoms. The zero-order chi connectivity index (χ0) is 22.0. The highest BCUT2D eigenvalue weighted by molar-refractivity contribution is 6.46. The number of halogens is 2. The van der Waals surface area contributed by atoms with E-state index in [9.17, 15) is 19.1 Å². The predicted molar refractivity (Wildman–Crippen MR) is 114 cm³/mol. The first kappa shape index (κ1) is 21.5. The van der Waals surface area contributed by atoms with Crippen LogP contribution in [0, 0.1) is 5.82 Å². The number of hydrogen-bond acceptors (Lipinski definition) is 5. The molecule has 0 unspecified atom stereocenters. The van der Waals surface area contributed by atoms with Gasteiger partial charge < -0.3 is 14.7 Å². The standard InChI is InChI=1S/C23H22ClFN2O4/c24-17-5-1-15(2-6-17)20-19(21(28)16-3-7-18(25)8-4-16)22(29)23(30)27(20)10-9-26-11-13-31-14-12-26/h1-8,20,28H,9-14H2/b21-19+/t20-/m1/s1. The summed E-state index contributed by atoms with van der Waals surface area (Å²) in [6, 6.07) is 11.2. The van der Waals surface area contributed by atoms with Gasteiger partial charge in [-0.3, -0.25) is 14.5 Å². The molecule has 2 aromatic carbocycles. The van der Waals surface area contributed by atoms with Crippen LogP contribution in [-0.4, -0.2) is 66.0 Å². The number of Topliss-reactive ketones (excluding diaryl/α,β-unsaturated/α-hetero) is 1. The summed E-state index contributed by atoms with van der Waals surface area (Å²) in [6.45, 7) is 3.67. The van der Waals surface area contributed by atoms with E-state index in [1.165, 1.54) is 29.2 Å². The van der Waals surface area contributed by atoms with Crippen LogP contribution in [0.2, 0.25) is 5.02 Å². The van der Waals surface area contributed by atoms with Gasteiger partial charge in [-0.2, -0.15) is 0 Å². The lowest BCUT2D eigenvalue weighted by molar-refractivity contribution is -0.140. The maximum atomic E-state index is 13.3. The molecule has 1 atom stereocenters. The molecule has 2 heterocycles. The summed E-state index contributed by atoms with van der Waals surface area (Å²) in [6.07, 6.45) is 0. The second kappa shape index (κ2) is 9.18. The van der Waals surface area contributed by atoms with Crippen LogP contribution in [0.15, 0.2) is 54.1 Å². The number of rotatable bonds is 5. The molecule has 0 radical (unpaired) electrons. The van der Waals surface area contributed by atoms with Crippen LogP contribution in [0.1, 0.15) is 17.2 Å². The van der Waals surface area contributed by atoms with Gasteiger partial charge in [-0.15, -0.1) is 0 Å². The molecule has 1 amide bonds. The van der Waals surface area contributed by atoms with Crippen LogP contribution < -0.4 is 0 Å². The Morgan fingerprint density at radius 3 is 2.32 bits per heavy atom. The van der Waals surface area contributed by atoms with Crippen LogP contribution in [-0.2, 0) is 14.3 Å². The second-order valence-corrected chi connectivity index (χ2v) is 7.94. The number of morpholine rings is 1. The van der Waals surface area contributed by atoms with Crippen molar-refractivity contribution in [2.24, 2.45) is 0 Å². The number of benzene rings is 2. The predicted octanol–water partition coefficient (Wildman–Crippen LogP) is 3.23. The van der Waals surface area contributed by atoms with Gasteiger partial charge in [-0.25, -0.2) is 4.39 Å². The maximum Gasteiger partial charge on any atom is 0.295 e. The molecule has 162 valence electrons. The summed E-state index contributed by atoms with van der Waals surface area (Å²) < 4.78 is 18.7. The number of nitrogens with zero attached hydrogens (tertiary/aromatic N) is 2. The van der Waals surface area contributed by atoms with E-state index >= 15 is 0 Å². The summed E-state index contributed by atoms with van der Waals surface area (Å²) in [5.74, 6) is -2.22. The van der Waals surface area contributed by atoms with E-state index in [1.807, 2.05) is 0 Å². The minimum Gasteiger partial charge on any atom is -0.507 e. The summed E-state index contributed by atoms with van der Waals surface area (Å²) in [5.41, 5.74) is 0.918. The molecular formula is C23H22ClFN2O4. The van der Waals surface area contributed by atoms with Crippen molar-refractivity contribution in [3.05, 3.63) is 76.1 Å². The number of ether oxygens (including phenoxy) is 1. The molecule has 1 N–H and O–H groups in total. The van der Waals surface area contributed by atoms with Gasteiger partial charge in [0.1, 0.15) is 11.6 Å². The van der Waals surface area contributed by atoms with Gasteiger partial charge in [0.15, 0.2) is 0 Å². The van der Waals surface area contributed by atoms with Crippen molar-refractivity contribution in [1.82, 2.24) is 9.80 Å². The van der Waals surface area contributed by atoms with Gasteiger partial charge in [-0.1, -0.05) is 23.7 Å². The molecule has 2 aliphatic rings. The lowest BCUT2D eigenvalue weighted by atomic mass is 9.95. The lowest BCUT2D eigenvalue weighted by Crippen LogP contribution is -2.42. The normalized spacial score (nSPS) is 21.6. The number of carbonyl (C=O) groups is 2. The third-order valence-corrected chi connectivity index (χ3v) is 5.86. The lowest BCUT2D eigenvalue weighted by Gasteiger charge is -2.31. The van der Waals surface area contributed by atoms with Gasteiger partial charge in [-0.05, 0) is 42.0 Å². The van der Waals surface area contributed by atoms with Crippen molar-refractivity contribution < 1.29 is 23.8 Å². The fourth-order valence-corrected chi connectivity index (χ4v) is 4.07. The van der Waals surface area contributed by atoms with E-state index in [0.29, 0.717) is 36.9 Å². The maximum absolute atomic E-state index is 13.3. The number of carbonyl (C=O) groups excluding carboxylic acids is 2. The topological polar surface area (TPSA) is 70.1 Å². The number of aliphatic hydroxyl groups excluding tert-OH is 1. The molecular weight excluding hydrogens is 423 g/mol. The number of ketones is 1. The van der Waals surface area contributed by atoms with E-state index < -0.39 is 23.5 Å². The summed E-state index contributed by atoms with van der Waals surface area (Å²) in [7, 11) is 0. The Bertz CT molecular complexity index is 1000. The molecule has 0 bridgehead atoms. The molecule has 6 nitrogen and oxygen atoms in total. The molecule has 0 aromatic heterocycles. The highest BCUT2D eigenvalue weighted by atomic mass is 35.5. The molecule has 2 saturated heterocycles. The third-order valence-electron chi connectivity index (χ3n) is 5.60. The Balaban J connectivity index is 1.72. The molecule has 31 heavy (non-hydrogen) atoms. The number of aliphatic hydroxyl groups is 1. The SMILES string of the molecule is O=C1C(=O)N(CCN2CCOCC2)[C@H](c2ccc(Cl)cc2)/C1=C(\O)c1ccc(F)cc1. The van der Waals surface area contributed by atoms with Crippen molar-refractivity contribution in [2.45, 2.75) is 6.04 Å². The van der Waals surface area contributed by atoms with Crippen molar-refractivity contribution in [3.63, 3.8) is 0 Å². The number of amides is 1. The molecule has 2 aromatic rings. The fraction of sp³-hybridized carbons (Fsp3) is 0.304. The Kier molecular flexibility index (Phi) is 6.36. The molecule has 0 saturated carbocycles. The van der Waals surface area contributed by atoms with Crippen LogP contribution in [0.25, 0.3) is 5.76 Å². The Morgan fingerprint density at radius 1 is 1.03 bits per heavy atom. The average molecular weight is 445 g/mol. The number of likely N-dealkylation sites (tertiary alicyclic amines) is 1. The first-order valence-electron chi connectivity index (χ1n) is 10.1. The highest BCUT2D eigenvalue weighted by Crippen LogP contribution is 2.39. The fourth-order valence-electron chi connectivity index (χ4n) is 3.94. The van der Waals surface area contributed by atoms with E-state index in [-0.39, 0.29) is 16.9 Å². The second-order valence-electron chi connectivity index (χ2n) is 7.50. The summed E-state index contributed by atoms with van der Waals surface area (Å²) in [4.78, 5) is 29.5. The highest BCUT2D eigenvalue weighted by Gasteiger charge is 2.46. The van der Waals surface area contributed by atoms with Crippen molar-refractivity contribution in [2.75, 3.05) is 39.4 Å². The first-order valence-corrected chi connectivity index (χ1v) is 10.4. The summed E-state index contributed by atoms with van der Waals surface area (Å²) in [5, 5.41) is 11.4. The van der Waals surface area contributed by atoms with Gasteiger partial charge in [0, 0.05) is 36.8 Å². The van der Waals surface area contributed by atoms with Crippen molar-refractivity contribution in [1.29, 1.82) is 0 Å². The molecule has 2 aliphatic heterocycles. The number of hydrogen-bond donors (Lipinski definition) is 1. The monoisotopic (exact) mass is 444 g/mol. The molecule has 0 spiro atoms. The molecule has 4 rings (SSSR count). The van der Waals surface area contributed by atoms with Crippen molar-refractivity contribution in [3.8, 4) is 0 Å². The Morgan fingerprint density at radius 2 is 1.68 bits per heavy atom. The van der Waals surface area contributed by atoms with Gasteiger partial charge in [0.05, 0.1) is 24.8 Å². The van der Waals surface area contributed by atoms with Crippen LogP contribution in [0.3, 0.4) is 0 Å². The van der Waals surface area contributed by atoms with E-state index in [0.717, 1.165) is 13.1 Å². The zero-order valence-electron chi connectivity index (χ0n) is 16.8. The van der Waals surface area contributed by atoms with Gasteiger partial charge in [0.25, 0.3) is 11.7 Å². The minimum absolute atomic E-state index is 0.0130. The van der Waals surface area contributed by atoms with Crippen molar-refractivity contribution >= 4 is 29.1 Å². The quantitative estimate of drug-likeness (QED) is 0.435. The third kappa shape index (κ3) is 4.49. The van der Waals surface area contributed by atoms with Gasteiger partial charge in [0.2, 0.25) is 0 Å². The zero-order valence-corrected chi connectivity index (χ0v) is 17.5. The summed E-state index contributed by atoms with van der Waals surface area (Å²) >= 11 is 6.02. The largest absolute Gasteiger partial charge is 0.507 e. The van der Waals surface area contributed by atoms with Crippen LogP contribution in [0.5, 0.6) is 0 Å². The minimum atomic E-state index is -0.761. The average Bonchev–Trinajstić information content (AvgIpc) is 3.04. The molecule has 0 aliphatic carbocycles. The van der Waals surface area contributed by atoms with Gasteiger partial charge >= 0.3 is 0 Å². The smallest absolute Gasteiger partial charge is 0.295 e. The Labute approximate surface area is 184 Å². The van der Waals surface area contributed by atoms with E-state index in [2.05, 4.69) is 4.90 Å². The van der Waals surface area contributed by atoms with E-state index in [1.54, 1.807) is 24.3 Å². The van der Waals surface area contributed by atoms with Crippen LogP contribution in [0.4, 0.5) is 4.39 Å². The molecule has 2 fully saturated rings. The first-order chi connectivity index (χ1) is 15.0. The Hall–Kier alpha value is -2.74. The van der Waals surface area contributed by atoms with E-state index in [4.69, 9.17) is 16.3 Å². The van der Waals surface area contributed by atoms with Crippen LogP contribution >= 0.6 is 11.6 Å².